The van der Waals surface area contributed by atoms with Crippen LogP contribution < -0.4 is 5.32 Å². The van der Waals surface area contributed by atoms with E-state index in [0.717, 1.165) is 21.5 Å². The van der Waals surface area contributed by atoms with E-state index in [1.54, 1.807) is 0 Å². The van der Waals surface area contributed by atoms with Gasteiger partial charge in [-0.1, -0.05) is 28.1 Å². The molecule has 0 aliphatic rings. The predicted molar refractivity (Wildman–Crippen MR) is 78.9 cm³/mol. The highest BCUT2D eigenvalue weighted by molar-refractivity contribution is 9.10. The molecule has 18 heavy (non-hydrogen) atoms. The Morgan fingerprint density at radius 2 is 2.06 bits per heavy atom. The molecule has 0 saturated heterocycles. The third-order valence-corrected chi connectivity index (χ3v) is 3.71. The van der Waals surface area contributed by atoms with E-state index in [0.29, 0.717) is 0 Å². The lowest BCUT2D eigenvalue weighted by Gasteiger charge is -2.16. The van der Waals surface area contributed by atoms with Crippen LogP contribution in [0.3, 0.4) is 0 Å². The number of halogens is 1. The first-order valence-electron chi connectivity index (χ1n) is 6.01. The number of aryl methyl sites for hydroxylation is 2. The van der Waals surface area contributed by atoms with Crippen LogP contribution in [0.25, 0.3) is 0 Å². The number of nitrogens with zero attached hydrogens (tertiary/aromatic N) is 2. The second kappa shape index (κ2) is 5.14. The average molecular weight is 308 g/mol. The van der Waals surface area contributed by atoms with Crippen molar-refractivity contribution in [3.63, 3.8) is 0 Å². The van der Waals surface area contributed by atoms with Crippen LogP contribution in [0.1, 0.15) is 29.9 Å². The van der Waals surface area contributed by atoms with E-state index < -0.39 is 0 Å². The molecule has 4 heteroatoms. The fourth-order valence-electron chi connectivity index (χ4n) is 2.06. The van der Waals surface area contributed by atoms with E-state index in [2.05, 4.69) is 58.4 Å². The SMILES string of the molecule is Cc1nn(C)c(C)c1NC(C)c1cccc(Br)c1. The van der Waals surface area contributed by atoms with Crippen molar-refractivity contribution in [2.45, 2.75) is 26.8 Å². The largest absolute Gasteiger partial charge is 0.376 e. The van der Waals surface area contributed by atoms with Crippen molar-refractivity contribution in [3.05, 3.63) is 45.7 Å². The van der Waals surface area contributed by atoms with Crippen LogP contribution in [-0.4, -0.2) is 9.78 Å². The van der Waals surface area contributed by atoms with Crippen LogP contribution in [0.4, 0.5) is 5.69 Å². The Morgan fingerprint density at radius 1 is 1.33 bits per heavy atom. The van der Waals surface area contributed by atoms with Gasteiger partial charge in [0.25, 0.3) is 0 Å². The van der Waals surface area contributed by atoms with Gasteiger partial charge in [-0.2, -0.15) is 5.10 Å². The molecule has 1 aromatic heterocycles. The molecule has 2 rings (SSSR count). The first-order valence-corrected chi connectivity index (χ1v) is 6.80. The van der Waals surface area contributed by atoms with Gasteiger partial charge in [-0.05, 0) is 38.5 Å². The molecule has 0 aliphatic carbocycles. The standard InChI is InChI=1S/C14H18BrN3/c1-9(12-6-5-7-13(15)8-12)16-14-10(2)17-18(4)11(14)3/h5-9,16H,1-4H3. The molecule has 0 amide bonds. The summed E-state index contributed by atoms with van der Waals surface area (Å²) in [6.45, 7) is 6.27. The number of hydrogen-bond acceptors (Lipinski definition) is 2. The summed E-state index contributed by atoms with van der Waals surface area (Å²) in [5.41, 5.74) is 4.59. The summed E-state index contributed by atoms with van der Waals surface area (Å²) >= 11 is 3.50. The Morgan fingerprint density at radius 3 is 2.61 bits per heavy atom. The smallest absolute Gasteiger partial charge is 0.0828 e. The van der Waals surface area contributed by atoms with Crippen LogP contribution in [0.5, 0.6) is 0 Å². The summed E-state index contributed by atoms with van der Waals surface area (Å²) in [5, 5.41) is 7.96. The molecule has 0 bridgehead atoms. The Kier molecular flexibility index (Phi) is 3.76. The fraction of sp³-hybridized carbons (Fsp3) is 0.357. The second-order valence-electron chi connectivity index (χ2n) is 4.59. The van der Waals surface area contributed by atoms with Gasteiger partial charge in [-0.15, -0.1) is 0 Å². The van der Waals surface area contributed by atoms with E-state index in [1.807, 2.05) is 24.7 Å². The second-order valence-corrected chi connectivity index (χ2v) is 5.51. The van der Waals surface area contributed by atoms with Crippen molar-refractivity contribution in [1.29, 1.82) is 0 Å². The van der Waals surface area contributed by atoms with Gasteiger partial charge < -0.3 is 5.32 Å². The van der Waals surface area contributed by atoms with Crippen molar-refractivity contribution in [2.24, 2.45) is 7.05 Å². The highest BCUT2D eigenvalue weighted by Crippen LogP contribution is 2.25. The zero-order valence-corrected chi connectivity index (χ0v) is 12.7. The topological polar surface area (TPSA) is 29.9 Å². The molecular formula is C14H18BrN3. The molecule has 2 aromatic rings. The lowest BCUT2D eigenvalue weighted by molar-refractivity contribution is 0.731. The molecule has 96 valence electrons. The number of rotatable bonds is 3. The molecule has 1 N–H and O–H groups in total. The number of hydrogen-bond donors (Lipinski definition) is 1. The molecule has 0 aliphatic heterocycles. The maximum Gasteiger partial charge on any atom is 0.0828 e. The van der Waals surface area contributed by atoms with E-state index in [4.69, 9.17) is 0 Å². The van der Waals surface area contributed by atoms with Gasteiger partial charge in [0, 0.05) is 17.6 Å². The Balaban J connectivity index is 2.24. The van der Waals surface area contributed by atoms with Crippen LogP contribution in [0.15, 0.2) is 28.7 Å². The lowest BCUT2D eigenvalue weighted by atomic mass is 10.1. The normalized spacial score (nSPS) is 12.5. The maximum atomic E-state index is 4.42. The van der Waals surface area contributed by atoms with Crippen molar-refractivity contribution < 1.29 is 0 Å². The number of anilines is 1. The van der Waals surface area contributed by atoms with E-state index in [-0.39, 0.29) is 6.04 Å². The molecule has 1 aromatic carbocycles. The van der Waals surface area contributed by atoms with Gasteiger partial charge in [-0.3, -0.25) is 4.68 Å². The third kappa shape index (κ3) is 2.58. The van der Waals surface area contributed by atoms with Gasteiger partial charge in [-0.25, -0.2) is 0 Å². The molecule has 0 radical (unpaired) electrons. The minimum absolute atomic E-state index is 0.254. The monoisotopic (exact) mass is 307 g/mol. The van der Waals surface area contributed by atoms with Crippen LogP contribution in [0, 0.1) is 13.8 Å². The summed E-state index contributed by atoms with van der Waals surface area (Å²) in [4.78, 5) is 0. The Bertz CT molecular complexity index is 560. The highest BCUT2D eigenvalue weighted by Gasteiger charge is 2.13. The number of benzene rings is 1. The first-order chi connectivity index (χ1) is 8.49. The molecule has 0 fully saturated rings. The molecule has 0 spiro atoms. The Labute approximate surface area is 116 Å². The molecule has 1 atom stereocenters. The highest BCUT2D eigenvalue weighted by atomic mass is 79.9. The van der Waals surface area contributed by atoms with Crippen molar-refractivity contribution in [1.82, 2.24) is 9.78 Å². The average Bonchev–Trinajstić information content (AvgIpc) is 2.56. The zero-order valence-electron chi connectivity index (χ0n) is 11.2. The van der Waals surface area contributed by atoms with Crippen molar-refractivity contribution in [2.75, 3.05) is 5.32 Å². The number of nitrogens with one attached hydrogen (secondary N) is 1. The summed E-state index contributed by atoms with van der Waals surface area (Å²) in [6.07, 6.45) is 0. The maximum absolute atomic E-state index is 4.42. The van der Waals surface area contributed by atoms with Crippen LogP contribution in [-0.2, 0) is 7.05 Å². The van der Waals surface area contributed by atoms with Crippen molar-refractivity contribution >= 4 is 21.6 Å². The van der Waals surface area contributed by atoms with Gasteiger partial charge in [0.1, 0.15) is 0 Å². The quantitative estimate of drug-likeness (QED) is 0.929. The summed E-state index contributed by atoms with van der Waals surface area (Å²) < 4.78 is 3.01. The molecule has 1 heterocycles. The zero-order chi connectivity index (χ0) is 13.3. The summed E-state index contributed by atoms with van der Waals surface area (Å²) in [7, 11) is 1.97. The van der Waals surface area contributed by atoms with Gasteiger partial charge >= 0.3 is 0 Å². The molecule has 3 nitrogen and oxygen atoms in total. The first kappa shape index (κ1) is 13.1. The van der Waals surface area contributed by atoms with Gasteiger partial charge in [0.05, 0.1) is 17.1 Å². The molecule has 1 unspecified atom stereocenters. The van der Waals surface area contributed by atoms with E-state index >= 15 is 0 Å². The van der Waals surface area contributed by atoms with Gasteiger partial charge in [0.2, 0.25) is 0 Å². The summed E-state index contributed by atoms with van der Waals surface area (Å²) in [6, 6.07) is 8.61. The van der Waals surface area contributed by atoms with Crippen molar-refractivity contribution in [3.8, 4) is 0 Å². The minimum Gasteiger partial charge on any atom is -0.376 e. The fourth-order valence-corrected chi connectivity index (χ4v) is 2.48. The van der Waals surface area contributed by atoms with Crippen LogP contribution >= 0.6 is 15.9 Å². The number of aromatic nitrogens is 2. The predicted octanol–water partition coefficient (Wildman–Crippen LogP) is 3.97. The van der Waals surface area contributed by atoms with Crippen LogP contribution in [0.2, 0.25) is 0 Å². The summed E-state index contributed by atoms with van der Waals surface area (Å²) in [5.74, 6) is 0. The third-order valence-electron chi connectivity index (χ3n) is 3.22. The Hall–Kier alpha value is -1.29. The molecular weight excluding hydrogens is 290 g/mol. The minimum atomic E-state index is 0.254. The molecule has 0 saturated carbocycles. The lowest BCUT2D eigenvalue weighted by Crippen LogP contribution is -2.08. The van der Waals surface area contributed by atoms with E-state index in [9.17, 15) is 0 Å². The van der Waals surface area contributed by atoms with E-state index in [1.165, 1.54) is 5.56 Å². The van der Waals surface area contributed by atoms with Gasteiger partial charge in [0.15, 0.2) is 0 Å².